The highest BCUT2D eigenvalue weighted by Crippen LogP contribution is 2.24. The Morgan fingerprint density at radius 1 is 1.50 bits per heavy atom. The summed E-state index contributed by atoms with van der Waals surface area (Å²) in [6, 6.07) is 0. The second kappa shape index (κ2) is 5.32. The Kier molecular flexibility index (Phi) is 4.35. The van der Waals surface area contributed by atoms with Crippen molar-refractivity contribution in [1.82, 2.24) is 5.32 Å². The molecule has 1 atom stereocenters. The highest BCUT2D eigenvalue weighted by Gasteiger charge is 2.32. The molecule has 1 rings (SSSR count). The second-order valence-electron chi connectivity index (χ2n) is 3.85. The van der Waals surface area contributed by atoms with Gasteiger partial charge in [0.15, 0.2) is 0 Å². The van der Waals surface area contributed by atoms with Crippen LogP contribution in [0.3, 0.4) is 0 Å². The summed E-state index contributed by atoms with van der Waals surface area (Å²) >= 11 is 0. The Labute approximate surface area is 84.6 Å². The predicted octanol–water partition coefficient (Wildman–Crippen LogP) is 1.01. The first kappa shape index (κ1) is 11.5. The molecular weight excluding hydrogens is 182 g/mol. The SMILES string of the molecule is CCNC1(CC(=O)O)CCCOCC1. The topological polar surface area (TPSA) is 58.6 Å². The van der Waals surface area contributed by atoms with Crippen LogP contribution in [0.15, 0.2) is 0 Å². The van der Waals surface area contributed by atoms with Gasteiger partial charge in [0.2, 0.25) is 0 Å². The van der Waals surface area contributed by atoms with Crippen molar-refractivity contribution in [2.24, 2.45) is 0 Å². The average Bonchev–Trinajstić information content (AvgIpc) is 2.30. The smallest absolute Gasteiger partial charge is 0.305 e. The Morgan fingerprint density at radius 3 is 2.93 bits per heavy atom. The molecule has 0 aromatic rings. The van der Waals surface area contributed by atoms with Gasteiger partial charge in [-0.05, 0) is 25.8 Å². The highest BCUT2D eigenvalue weighted by molar-refractivity contribution is 5.68. The summed E-state index contributed by atoms with van der Waals surface area (Å²) in [6.45, 7) is 4.25. The Bertz CT molecular complexity index is 186. The molecule has 0 saturated carbocycles. The van der Waals surface area contributed by atoms with E-state index >= 15 is 0 Å². The summed E-state index contributed by atoms with van der Waals surface area (Å²) in [5, 5.41) is 12.2. The van der Waals surface area contributed by atoms with Crippen molar-refractivity contribution in [3.63, 3.8) is 0 Å². The van der Waals surface area contributed by atoms with Gasteiger partial charge < -0.3 is 15.2 Å². The fraction of sp³-hybridized carbons (Fsp3) is 0.900. The lowest BCUT2D eigenvalue weighted by atomic mass is 9.87. The summed E-state index contributed by atoms with van der Waals surface area (Å²) in [4.78, 5) is 10.8. The van der Waals surface area contributed by atoms with Crippen LogP contribution < -0.4 is 5.32 Å². The molecule has 0 radical (unpaired) electrons. The molecule has 1 fully saturated rings. The van der Waals surface area contributed by atoms with E-state index in [1.54, 1.807) is 0 Å². The number of hydrogen-bond donors (Lipinski definition) is 2. The number of hydrogen-bond acceptors (Lipinski definition) is 3. The average molecular weight is 201 g/mol. The number of aliphatic carboxylic acids is 1. The van der Waals surface area contributed by atoms with E-state index in [9.17, 15) is 4.79 Å². The third-order valence-corrected chi connectivity index (χ3v) is 2.71. The molecule has 0 spiro atoms. The first-order valence-electron chi connectivity index (χ1n) is 5.23. The van der Waals surface area contributed by atoms with Gasteiger partial charge in [0, 0.05) is 18.8 Å². The number of nitrogens with one attached hydrogen (secondary N) is 1. The zero-order chi connectivity index (χ0) is 10.4. The van der Waals surface area contributed by atoms with Crippen LogP contribution in [0.4, 0.5) is 0 Å². The number of carboxylic acid groups (broad SMARTS) is 1. The van der Waals surface area contributed by atoms with Gasteiger partial charge in [-0.15, -0.1) is 0 Å². The van der Waals surface area contributed by atoms with E-state index in [-0.39, 0.29) is 12.0 Å². The molecule has 4 heteroatoms. The van der Waals surface area contributed by atoms with Crippen LogP contribution in [0.1, 0.15) is 32.6 Å². The molecule has 1 saturated heterocycles. The number of carbonyl (C=O) groups is 1. The Balaban J connectivity index is 2.61. The molecule has 0 aromatic heterocycles. The molecule has 0 aliphatic carbocycles. The fourth-order valence-corrected chi connectivity index (χ4v) is 2.09. The van der Waals surface area contributed by atoms with Gasteiger partial charge in [-0.1, -0.05) is 6.92 Å². The molecule has 0 amide bonds. The van der Waals surface area contributed by atoms with Crippen molar-refractivity contribution in [3.05, 3.63) is 0 Å². The van der Waals surface area contributed by atoms with E-state index in [1.165, 1.54) is 0 Å². The Morgan fingerprint density at radius 2 is 2.29 bits per heavy atom. The van der Waals surface area contributed by atoms with Crippen molar-refractivity contribution in [1.29, 1.82) is 0 Å². The van der Waals surface area contributed by atoms with Gasteiger partial charge in [-0.25, -0.2) is 0 Å². The minimum atomic E-state index is -0.729. The van der Waals surface area contributed by atoms with Gasteiger partial charge >= 0.3 is 5.97 Å². The summed E-state index contributed by atoms with van der Waals surface area (Å²) in [6.07, 6.45) is 2.84. The van der Waals surface area contributed by atoms with Gasteiger partial charge in [-0.3, -0.25) is 4.79 Å². The van der Waals surface area contributed by atoms with Crippen LogP contribution in [0.25, 0.3) is 0 Å². The summed E-state index contributed by atoms with van der Waals surface area (Å²) < 4.78 is 5.34. The maximum absolute atomic E-state index is 10.8. The van der Waals surface area contributed by atoms with E-state index in [2.05, 4.69) is 5.32 Å². The molecule has 4 nitrogen and oxygen atoms in total. The third kappa shape index (κ3) is 3.27. The van der Waals surface area contributed by atoms with E-state index in [0.29, 0.717) is 6.61 Å². The minimum Gasteiger partial charge on any atom is -0.481 e. The Hall–Kier alpha value is -0.610. The normalized spacial score (nSPS) is 28.4. The lowest BCUT2D eigenvalue weighted by Gasteiger charge is -2.31. The maximum Gasteiger partial charge on any atom is 0.305 e. The summed E-state index contributed by atoms with van der Waals surface area (Å²) in [5.41, 5.74) is -0.239. The maximum atomic E-state index is 10.8. The van der Waals surface area contributed by atoms with Crippen molar-refractivity contribution < 1.29 is 14.6 Å². The number of rotatable bonds is 4. The van der Waals surface area contributed by atoms with Crippen LogP contribution in [-0.4, -0.2) is 36.4 Å². The summed E-state index contributed by atoms with van der Waals surface area (Å²) in [5.74, 6) is -0.729. The zero-order valence-electron chi connectivity index (χ0n) is 8.71. The van der Waals surface area contributed by atoms with E-state index < -0.39 is 5.97 Å². The van der Waals surface area contributed by atoms with E-state index in [0.717, 1.165) is 32.4 Å². The molecule has 1 heterocycles. The minimum absolute atomic E-state index is 0.199. The molecule has 1 unspecified atom stereocenters. The van der Waals surface area contributed by atoms with Crippen LogP contribution >= 0.6 is 0 Å². The molecule has 0 bridgehead atoms. The molecule has 0 aromatic carbocycles. The lowest BCUT2D eigenvalue weighted by Crippen LogP contribution is -2.47. The molecule has 14 heavy (non-hydrogen) atoms. The number of ether oxygens (including phenoxy) is 1. The van der Waals surface area contributed by atoms with Crippen molar-refractivity contribution in [3.8, 4) is 0 Å². The molecule has 2 N–H and O–H groups in total. The van der Waals surface area contributed by atoms with Crippen molar-refractivity contribution >= 4 is 5.97 Å². The molecule has 82 valence electrons. The summed E-state index contributed by atoms with van der Waals surface area (Å²) in [7, 11) is 0. The predicted molar refractivity (Wildman–Crippen MR) is 53.3 cm³/mol. The first-order chi connectivity index (χ1) is 6.68. The molecule has 1 aliphatic heterocycles. The van der Waals surface area contributed by atoms with Gasteiger partial charge in [0.1, 0.15) is 0 Å². The van der Waals surface area contributed by atoms with Gasteiger partial charge in [0.05, 0.1) is 6.42 Å². The van der Waals surface area contributed by atoms with Crippen molar-refractivity contribution in [2.75, 3.05) is 19.8 Å². The fourth-order valence-electron chi connectivity index (χ4n) is 2.09. The highest BCUT2D eigenvalue weighted by atomic mass is 16.5. The van der Waals surface area contributed by atoms with E-state index in [1.807, 2.05) is 6.92 Å². The second-order valence-corrected chi connectivity index (χ2v) is 3.85. The van der Waals surface area contributed by atoms with Crippen LogP contribution in [0.2, 0.25) is 0 Å². The lowest BCUT2D eigenvalue weighted by molar-refractivity contribution is -0.138. The standard InChI is InChI=1S/C10H19NO3/c1-2-11-10(8-9(12)13)4-3-6-14-7-5-10/h11H,2-8H2,1H3,(H,12,13). The van der Waals surface area contributed by atoms with Crippen molar-refractivity contribution in [2.45, 2.75) is 38.1 Å². The number of carboxylic acids is 1. The first-order valence-corrected chi connectivity index (χ1v) is 5.23. The van der Waals surface area contributed by atoms with Gasteiger partial charge in [-0.2, -0.15) is 0 Å². The molecular formula is C10H19NO3. The van der Waals surface area contributed by atoms with E-state index in [4.69, 9.17) is 9.84 Å². The van der Waals surface area contributed by atoms with Crippen LogP contribution in [0.5, 0.6) is 0 Å². The molecule has 1 aliphatic rings. The monoisotopic (exact) mass is 201 g/mol. The third-order valence-electron chi connectivity index (χ3n) is 2.71. The largest absolute Gasteiger partial charge is 0.481 e. The van der Waals surface area contributed by atoms with Gasteiger partial charge in [0.25, 0.3) is 0 Å². The quantitative estimate of drug-likeness (QED) is 0.712. The zero-order valence-corrected chi connectivity index (χ0v) is 8.71. The van der Waals surface area contributed by atoms with Crippen LogP contribution in [0, 0.1) is 0 Å². The van der Waals surface area contributed by atoms with Crippen LogP contribution in [-0.2, 0) is 9.53 Å².